The van der Waals surface area contributed by atoms with Crippen molar-refractivity contribution in [3.05, 3.63) is 53.3 Å². The fourth-order valence-corrected chi connectivity index (χ4v) is 3.05. The van der Waals surface area contributed by atoms with Crippen molar-refractivity contribution in [3.63, 3.8) is 0 Å². The number of hydrogen-bond donors (Lipinski definition) is 2. The maximum atomic E-state index is 13.2. The van der Waals surface area contributed by atoms with Gasteiger partial charge in [0.1, 0.15) is 17.2 Å². The predicted molar refractivity (Wildman–Crippen MR) is 87.2 cm³/mol. The highest BCUT2D eigenvalue weighted by atomic mass is 19.1. The largest absolute Gasteiger partial charge is 0.455 e. The number of hydrogen-bond acceptors (Lipinski definition) is 3. The molecular formula is C18H15FN2O2. The van der Waals surface area contributed by atoms with Crippen LogP contribution in [0.1, 0.15) is 15.9 Å². The Labute approximate surface area is 132 Å². The number of furan rings is 1. The zero-order valence-electron chi connectivity index (χ0n) is 12.6. The SMILES string of the molecule is CNC(=O)c1c(-c2ccc(F)cc2)oc2cc3c(cc12)CCN3. The average Bonchev–Trinajstić information content (AvgIpc) is 3.16. The summed E-state index contributed by atoms with van der Waals surface area (Å²) < 4.78 is 19.1. The highest BCUT2D eigenvalue weighted by Crippen LogP contribution is 2.37. The van der Waals surface area contributed by atoms with E-state index in [-0.39, 0.29) is 11.7 Å². The first-order valence-electron chi connectivity index (χ1n) is 7.48. The van der Waals surface area contributed by atoms with Crippen molar-refractivity contribution in [1.29, 1.82) is 0 Å². The molecule has 1 aromatic heterocycles. The lowest BCUT2D eigenvalue weighted by atomic mass is 10.0. The molecule has 0 saturated carbocycles. The molecule has 1 amide bonds. The monoisotopic (exact) mass is 310 g/mol. The third kappa shape index (κ3) is 2.16. The molecule has 0 aliphatic carbocycles. The van der Waals surface area contributed by atoms with Gasteiger partial charge in [-0.2, -0.15) is 0 Å². The minimum absolute atomic E-state index is 0.214. The van der Waals surface area contributed by atoms with Gasteiger partial charge >= 0.3 is 0 Å². The van der Waals surface area contributed by atoms with Crippen LogP contribution in [0.25, 0.3) is 22.3 Å². The molecule has 2 heterocycles. The van der Waals surface area contributed by atoms with Crippen molar-refractivity contribution in [3.8, 4) is 11.3 Å². The number of amides is 1. The summed E-state index contributed by atoms with van der Waals surface area (Å²) >= 11 is 0. The highest BCUT2D eigenvalue weighted by molar-refractivity contribution is 6.11. The lowest BCUT2D eigenvalue weighted by Crippen LogP contribution is -2.18. The van der Waals surface area contributed by atoms with Gasteiger partial charge in [-0.05, 0) is 42.3 Å². The van der Waals surface area contributed by atoms with Crippen LogP contribution in [0.3, 0.4) is 0 Å². The van der Waals surface area contributed by atoms with Gasteiger partial charge in [-0.25, -0.2) is 4.39 Å². The number of rotatable bonds is 2. The van der Waals surface area contributed by atoms with Crippen LogP contribution in [0, 0.1) is 5.82 Å². The summed E-state index contributed by atoms with van der Waals surface area (Å²) in [5.41, 5.74) is 4.03. The summed E-state index contributed by atoms with van der Waals surface area (Å²) in [6.45, 7) is 0.891. The third-order valence-electron chi connectivity index (χ3n) is 4.18. The number of anilines is 1. The topological polar surface area (TPSA) is 54.3 Å². The fourth-order valence-electron chi connectivity index (χ4n) is 3.05. The molecule has 0 fully saturated rings. The van der Waals surface area contributed by atoms with Crippen molar-refractivity contribution in [2.45, 2.75) is 6.42 Å². The molecule has 1 aliphatic heterocycles. The summed E-state index contributed by atoms with van der Waals surface area (Å²) in [6.07, 6.45) is 0.926. The molecule has 2 N–H and O–H groups in total. The first-order valence-corrected chi connectivity index (χ1v) is 7.48. The van der Waals surface area contributed by atoms with Gasteiger partial charge < -0.3 is 15.1 Å². The third-order valence-corrected chi connectivity index (χ3v) is 4.18. The lowest BCUT2D eigenvalue weighted by Gasteiger charge is -2.03. The average molecular weight is 310 g/mol. The van der Waals surface area contributed by atoms with E-state index in [1.165, 1.54) is 17.7 Å². The molecule has 4 rings (SSSR count). The smallest absolute Gasteiger partial charge is 0.255 e. The number of carbonyl (C=O) groups excluding carboxylic acids is 1. The van der Waals surface area contributed by atoms with E-state index in [9.17, 15) is 9.18 Å². The van der Waals surface area contributed by atoms with Crippen LogP contribution in [0.5, 0.6) is 0 Å². The maximum absolute atomic E-state index is 13.2. The Hall–Kier alpha value is -2.82. The van der Waals surface area contributed by atoms with E-state index in [2.05, 4.69) is 10.6 Å². The molecular weight excluding hydrogens is 295 g/mol. The number of nitrogens with one attached hydrogen (secondary N) is 2. The van der Waals surface area contributed by atoms with E-state index in [1.807, 2.05) is 12.1 Å². The normalized spacial score (nSPS) is 13.0. The highest BCUT2D eigenvalue weighted by Gasteiger charge is 2.23. The second kappa shape index (κ2) is 5.12. The molecule has 0 atom stereocenters. The molecule has 0 spiro atoms. The summed E-state index contributed by atoms with van der Waals surface area (Å²) in [5.74, 6) is -0.0773. The molecule has 0 bridgehead atoms. The van der Waals surface area contributed by atoms with Crippen molar-refractivity contribution >= 4 is 22.6 Å². The van der Waals surface area contributed by atoms with Gasteiger partial charge in [-0.15, -0.1) is 0 Å². The fraction of sp³-hybridized carbons (Fsp3) is 0.167. The van der Waals surface area contributed by atoms with Crippen molar-refractivity contribution in [2.75, 3.05) is 18.9 Å². The number of halogens is 1. The summed E-state index contributed by atoms with van der Waals surface area (Å²) in [4.78, 5) is 12.4. The molecule has 0 radical (unpaired) electrons. The first-order chi connectivity index (χ1) is 11.2. The number of carbonyl (C=O) groups is 1. The van der Waals surface area contributed by atoms with Gasteiger partial charge in [0.05, 0.1) is 5.56 Å². The lowest BCUT2D eigenvalue weighted by molar-refractivity contribution is 0.0964. The minimum atomic E-state index is -0.325. The van der Waals surface area contributed by atoms with Gasteiger partial charge in [-0.1, -0.05) is 0 Å². The first kappa shape index (κ1) is 13.8. The summed E-state index contributed by atoms with van der Waals surface area (Å²) in [6, 6.07) is 9.88. The van der Waals surface area contributed by atoms with E-state index in [0.29, 0.717) is 22.5 Å². The number of benzene rings is 2. The molecule has 2 aromatic carbocycles. The van der Waals surface area contributed by atoms with Crippen LogP contribution in [0.4, 0.5) is 10.1 Å². The van der Waals surface area contributed by atoms with Crippen LogP contribution < -0.4 is 10.6 Å². The predicted octanol–water partition coefficient (Wildman–Crippen LogP) is 3.57. The van der Waals surface area contributed by atoms with Crippen LogP contribution >= 0.6 is 0 Å². The van der Waals surface area contributed by atoms with Gasteiger partial charge in [0.2, 0.25) is 0 Å². The number of fused-ring (bicyclic) bond motifs is 2. The Balaban J connectivity index is 1.99. The van der Waals surface area contributed by atoms with E-state index in [0.717, 1.165) is 24.0 Å². The van der Waals surface area contributed by atoms with E-state index >= 15 is 0 Å². The second-order valence-corrected chi connectivity index (χ2v) is 5.57. The van der Waals surface area contributed by atoms with E-state index < -0.39 is 0 Å². The Bertz CT molecular complexity index is 913. The molecule has 3 aromatic rings. The Morgan fingerprint density at radius 2 is 2.04 bits per heavy atom. The van der Waals surface area contributed by atoms with Crippen LogP contribution in [-0.2, 0) is 6.42 Å². The van der Waals surface area contributed by atoms with Crippen LogP contribution in [-0.4, -0.2) is 19.5 Å². The Morgan fingerprint density at radius 1 is 1.26 bits per heavy atom. The summed E-state index contributed by atoms with van der Waals surface area (Å²) in [5, 5.41) is 6.74. The van der Waals surface area contributed by atoms with Gasteiger partial charge in [0.15, 0.2) is 0 Å². The molecule has 0 unspecified atom stereocenters. The molecule has 0 saturated heterocycles. The van der Waals surface area contributed by atoms with Gasteiger partial charge in [0, 0.05) is 36.3 Å². The van der Waals surface area contributed by atoms with Crippen molar-refractivity contribution in [1.82, 2.24) is 5.32 Å². The Kier molecular flexibility index (Phi) is 3.08. The van der Waals surface area contributed by atoms with E-state index in [1.54, 1.807) is 19.2 Å². The zero-order valence-corrected chi connectivity index (χ0v) is 12.6. The second-order valence-electron chi connectivity index (χ2n) is 5.57. The molecule has 116 valence electrons. The summed E-state index contributed by atoms with van der Waals surface area (Å²) in [7, 11) is 1.59. The maximum Gasteiger partial charge on any atom is 0.255 e. The van der Waals surface area contributed by atoms with E-state index in [4.69, 9.17) is 4.42 Å². The standard InChI is InChI=1S/C18H15FN2O2/c1-20-18(22)16-13-8-11-6-7-21-14(11)9-15(13)23-17(16)10-2-4-12(19)5-3-10/h2-5,8-9,21H,6-7H2,1H3,(H,20,22). The molecule has 23 heavy (non-hydrogen) atoms. The van der Waals surface area contributed by atoms with Gasteiger partial charge in [0.25, 0.3) is 5.91 Å². The quantitative estimate of drug-likeness (QED) is 0.761. The Morgan fingerprint density at radius 3 is 2.78 bits per heavy atom. The van der Waals surface area contributed by atoms with Crippen LogP contribution in [0.15, 0.2) is 40.8 Å². The van der Waals surface area contributed by atoms with Gasteiger partial charge in [-0.3, -0.25) is 4.79 Å². The zero-order chi connectivity index (χ0) is 16.0. The van der Waals surface area contributed by atoms with Crippen LogP contribution in [0.2, 0.25) is 0 Å². The minimum Gasteiger partial charge on any atom is -0.455 e. The van der Waals surface area contributed by atoms with Crippen molar-refractivity contribution in [2.24, 2.45) is 0 Å². The molecule has 4 nitrogen and oxygen atoms in total. The molecule has 5 heteroatoms. The van der Waals surface area contributed by atoms with Crippen molar-refractivity contribution < 1.29 is 13.6 Å². The molecule has 1 aliphatic rings.